The van der Waals surface area contributed by atoms with E-state index in [1.54, 1.807) is 12.1 Å². The van der Waals surface area contributed by atoms with Gasteiger partial charge in [-0.15, -0.1) is 0 Å². The second kappa shape index (κ2) is 10.8. The first kappa shape index (κ1) is 16.1. The first-order chi connectivity index (χ1) is 7.24. The summed E-state index contributed by atoms with van der Waals surface area (Å²) in [5.74, 6) is 0. The van der Waals surface area contributed by atoms with E-state index in [1.807, 2.05) is 26.8 Å². The smallest absolute Gasteiger partial charge is 0.258 e. The summed E-state index contributed by atoms with van der Waals surface area (Å²) in [6.07, 6.45) is 0.835. The minimum Gasteiger partial charge on any atom is -0.258 e. The van der Waals surface area contributed by atoms with Crippen LogP contribution in [-0.2, 0) is 6.42 Å². The maximum Gasteiger partial charge on any atom is 0.269 e. The minimum atomic E-state index is -0.376. The maximum absolute atomic E-state index is 10.3. The zero-order valence-corrected chi connectivity index (χ0v) is 9.86. The highest BCUT2D eigenvalue weighted by molar-refractivity contribution is 6.05. The van der Waals surface area contributed by atoms with E-state index in [1.165, 1.54) is 12.9 Å². The highest BCUT2D eigenvalue weighted by Gasteiger charge is 2.03. The minimum absolute atomic E-state index is 0.171. The molecule has 1 rings (SSSR count). The number of nitro benzene ring substituents is 1. The summed E-state index contributed by atoms with van der Waals surface area (Å²) >= 11 is 0. The largest absolute Gasteiger partial charge is 0.269 e. The number of hydrogen-bond acceptors (Lipinski definition) is 2. The van der Waals surface area contributed by atoms with Gasteiger partial charge in [0.1, 0.15) is 0 Å². The molecule has 0 N–H and O–H groups in total. The van der Waals surface area contributed by atoms with Gasteiger partial charge in [0.05, 0.1) is 12.8 Å². The predicted molar refractivity (Wildman–Crippen MR) is 65.4 cm³/mol. The Kier molecular flexibility index (Phi) is 11.6. The lowest BCUT2D eigenvalue weighted by atomic mass is 10.1. The monoisotopic (exact) mass is 207 g/mol. The third-order valence-electron chi connectivity index (χ3n) is 1.53. The molecule has 0 aliphatic rings. The fraction of sp³-hybridized carbons (Fsp3) is 0.455. The average molecular weight is 207 g/mol. The molecule has 3 nitrogen and oxygen atoms in total. The van der Waals surface area contributed by atoms with Gasteiger partial charge in [0.25, 0.3) is 5.69 Å². The van der Waals surface area contributed by atoms with Crippen LogP contribution in [0, 0.1) is 10.1 Å². The molecule has 0 fully saturated rings. The molecule has 0 aliphatic heterocycles. The summed E-state index contributed by atoms with van der Waals surface area (Å²) in [5.41, 5.74) is 1.17. The van der Waals surface area contributed by atoms with E-state index in [-0.39, 0.29) is 10.6 Å². The zero-order valence-electron chi connectivity index (χ0n) is 9.86. The molecule has 1 aromatic rings. The molecule has 0 spiro atoms. The number of hydrogen-bond donors (Lipinski definition) is 0. The van der Waals surface area contributed by atoms with Crippen LogP contribution in [0.3, 0.4) is 0 Å². The Bertz CT molecular complexity index is 277. The summed E-state index contributed by atoms with van der Waals surface area (Å²) in [4.78, 5) is 9.90. The molecule has 82 valence electrons. The van der Waals surface area contributed by atoms with Crippen LogP contribution in [0.1, 0.15) is 26.3 Å². The van der Waals surface area contributed by atoms with E-state index in [9.17, 15) is 10.1 Å². The normalized spacial score (nSPS) is 7.73. The van der Waals surface area contributed by atoms with E-state index in [0.717, 1.165) is 12.0 Å². The van der Waals surface area contributed by atoms with Gasteiger partial charge in [-0.3, -0.25) is 10.1 Å². The van der Waals surface area contributed by atoms with Crippen LogP contribution < -0.4 is 0 Å². The maximum atomic E-state index is 10.3. The number of aryl methyl sites for hydroxylation is 1. The van der Waals surface area contributed by atoms with Crippen LogP contribution in [0.25, 0.3) is 0 Å². The van der Waals surface area contributed by atoms with Crippen molar-refractivity contribution in [3.63, 3.8) is 0 Å². The van der Waals surface area contributed by atoms with E-state index >= 15 is 0 Å². The van der Waals surface area contributed by atoms with E-state index < -0.39 is 0 Å². The second-order valence-corrected chi connectivity index (χ2v) is 2.28. The van der Waals surface area contributed by atoms with Crippen molar-refractivity contribution in [3.05, 3.63) is 39.9 Å². The van der Waals surface area contributed by atoms with Crippen molar-refractivity contribution in [2.24, 2.45) is 0 Å². The van der Waals surface area contributed by atoms with Crippen molar-refractivity contribution in [2.75, 3.05) is 0 Å². The lowest BCUT2D eigenvalue weighted by molar-refractivity contribution is -0.384. The fourth-order valence-electron chi connectivity index (χ4n) is 0.890. The quantitative estimate of drug-likeness (QED) is 0.423. The molecule has 0 unspecified atom stereocenters. The van der Waals surface area contributed by atoms with Crippen LogP contribution in [0.5, 0.6) is 0 Å². The molecule has 0 saturated carbocycles. The van der Waals surface area contributed by atoms with Crippen LogP contribution in [0.2, 0.25) is 6.82 Å². The standard InChI is InChI=1S/C8H9NO2.C2H6.CH3B/c1-2-7-4-3-5-8(6-7)9(10)11;2*1-2/h3-6H,2H2,1H3;1-2H3;1H3. The van der Waals surface area contributed by atoms with Crippen molar-refractivity contribution in [1.82, 2.24) is 0 Å². The Morgan fingerprint density at radius 1 is 1.33 bits per heavy atom. The van der Waals surface area contributed by atoms with Gasteiger partial charge in [-0.2, -0.15) is 0 Å². The van der Waals surface area contributed by atoms with E-state index in [0.29, 0.717) is 0 Å². The van der Waals surface area contributed by atoms with Gasteiger partial charge < -0.3 is 0 Å². The highest BCUT2D eigenvalue weighted by atomic mass is 16.6. The Hall–Kier alpha value is -1.32. The highest BCUT2D eigenvalue weighted by Crippen LogP contribution is 2.12. The molecule has 0 bridgehead atoms. The van der Waals surface area contributed by atoms with Crippen molar-refractivity contribution in [3.8, 4) is 0 Å². The number of rotatable bonds is 2. The molecule has 4 heteroatoms. The second-order valence-electron chi connectivity index (χ2n) is 2.28. The molecule has 0 heterocycles. The van der Waals surface area contributed by atoms with Crippen LogP contribution >= 0.6 is 0 Å². The summed E-state index contributed by atoms with van der Waals surface area (Å²) in [6, 6.07) is 6.68. The van der Waals surface area contributed by atoms with Crippen molar-refractivity contribution >= 4 is 13.5 Å². The lowest BCUT2D eigenvalue weighted by Crippen LogP contribution is -1.88. The third-order valence-corrected chi connectivity index (χ3v) is 1.53. The Morgan fingerprint density at radius 3 is 2.27 bits per heavy atom. The molecule has 0 aromatic heterocycles. The summed E-state index contributed by atoms with van der Waals surface area (Å²) in [5, 5.41) is 10.3. The van der Waals surface area contributed by atoms with Crippen molar-refractivity contribution < 1.29 is 4.92 Å². The number of nitro groups is 1. The molecule has 0 saturated heterocycles. The van der Waals surface area contributed by atoms with Gasteiger partial charge in [0, 0.05) is 12.1 Å². The van der Waals surface area contributed by atoms with E-state index in [4.69, 9.17) is 0 Å². The molecule has 0 amide bonds. The lowest BCUT2D eigenvalue weighted by Gasteiger charge is -1.94. The molecule has 2 radical (unpaired) electrons. The number of nitrogens with zero attached hydrogens (tertiary/aromatic N) is 1. The van der Waals surface area contributed by atoms with Crippen molar-refractivity contribution in [1.29, 1.82) is 0 Å². The third kappa shape index (κ3) is 6.72. The Balaban J connectivity index is 0. The Labute approximate surface area is 93.1 Å². The molecule has 0 atom stereocenters. The summed E-state index contributed by atoms with van der Waals surface area (Å²) < 4.78 is 0. The van der Waals surface area contributed by atoms with Gasteiger partial charge >= 0.3 is 0 Å². The molecular formula is C11H18BNO2. The van der Waals surface area contributed by atoms with Gasteiger partial charge in [0.2, 0.25) is 0 Å². The fourth-order valence-corrected chi connectivity index (χ4v) is 0.890. The van der Waals surface area contributed by atoms with Gasteiger partial charge in [-0.1, -0.05) is 39.7 Å². The van der Waals surface area contributed by atoms with Crippen molar-refractivity contribution in [2.45, 2.75) is 34.0 Å². The molecule has 1 aromatic carbocycles. The number of benzene rings is 1. The first-order valence-electron chi connectivity index (χ1n) is 5.05. The van der Waals surface area contributed by atoms with Crippen LogP contribution in [0.4, 0.5) is 5.69 Å². The predicted octanol–water partition coefficient (Wildman–Crippen LogP) is 3.39. The SMILES string of the molecule is CC.CCc1cccc([N+](=O)[O-])c1.[B]C. The summed E-state index contributed by atoms with van der Waals surface area (Å²) in [6.45, 7) is 7.47. The first-order valence-corrected chi connectivity index (χ1v) is 5.05. The Morgan fingerprint density at radius 2 is 1.87 bits per heavy atom. The van der Waals surface area contributed by atoms with Gasteiger partial charge in [-0.05, 0) is 12.0 Å². The zero-order chi connectivity index (χ0) is 12.3. The topological polar surface area (TPSA) is 43.1 Å². The van der Waals surface area contributed by atoms with E-state index in [2.05, 4.69) is 7.85 Å². The van der Waals surface area contributed by atoms with Crippen LogP contribution in [-0.4, -0.2) is 12.8 Å². The molecular weight excluding hydrogens is 189 g/mol. The molecule has 0 aliphatic carbocycles. The van der Waals surface area contributed by atoms with Gasteiger partial charge in [-0.25, -0.2) is 0 Å². The summed E-state index contributed by atoms with van der Waals surface area (Å²) in [7, 11) is 4.50. The molecule has 15 heavy (non-hydrogen) atoms. The van der Waals surface area contributed by atoms with Gasteiger partial charge in [0.15, 0.2) is 0 Å². The average Bonchev–Trinajstić information content (AvgIpc) is 2.34. The number of non-ortho nitro benzene ring substituents is 1. The van der Waals surface area contributed by atoms with Crippen LogP contribution in [0.15, 0.2) is 24.3 Å².